The molecule has 1 N–H and O–H groups in total. The zero-order valence-corrected chi connectivity index (χ0v) is 6.29. The molecule has 1 saturated carbocycles. The molecular weight excluding hydrogens is 148 g/mol. The maximum Gasteiger partial charge on any atom is 0.323 e. The molecule has 1 aliphatic carbocycles. The molecular formula is C7H10O4. The largest absolute Gasteiger partial charge is 0.480 e. The van der Waals surface area contributed by atoms with Gasteiger partial charge in [-0.05, 0) is 19.3 Å². The quantitative estimate of drug-likeness (QED) is 0.467. The van der Waals surface area contributed by atoms with E-state index in [-0.39, 0.29) is 0 Å². The van der Waals surface area contributed by atoms with E-state index in [0.717, 1.165) is 6.42 Å². The smallest absolute Gasteiger partial charge is 0.323 e. The van der Waals surface area contributed by atoms with Gasteiger partial charge in [0.1, 0.15) is 0 Å². The second-order valence-electron chi connectivity index (χ2n) is 2.73. The molecule has 0 unspecified atom stereocenters. The lowest BCUT2D eigenvalue weighted by atomic mass is 9.69. The molecule has 1 aliphatic rings. The second-order valence-corrected chi connectivity index (χ2v) is 2.73. The molecule has 4 nitrogen and oxygen atoms in total. The number of carbonyl (C=O) groups is 2. The normalized spacial score (nSPS) is 20.1. The summed E-state index contributed by atoms with van der Waals surface area (Å²) < 4.78 is 4.40. The summed E-state index contributed by atoms with van der Waals surface area (Å²) in [5.74, 6) is -1.67. The van der Waals surface area contributed by atoms with Crippen molar-refractivity contribution in [2.24, 2.45) is 5.41 Å². The highest BCUT2D eigenvalue weighted by atomic mass is 16.5. The molecule has 0 bridgehead atoms. The van der Waals surface area contributed by atoms with Crippen LogP contribution < -0.4 is 0 Å². The van der Waals surface area contributed by atoms with Crippen LogP contribution in [0, 0.1) is 5.41 Å². The number of rotatable bonds is 2. The van der Waals surface area contributed by atoms with Gasteiger partial charge in [-0.1, -0.05) is 0 Å². The summed E-state index contributed by atoms with van der Waals surface area (Å²) in [6.45, 7) is 0. The van der Waals surface area contributed by atoms with Crippen LogP contribution in [0.5, 0.6) is 0 Å². The van der Waals surface area contributed by atoms with E-state index in [0.29, 0.717) is 12.8 Å². The Morgan fingerprint density at radius 3 is 2.09 bits per heavy atom. The van der Waals surface area contributed by atoms with Crippen molar-refractivity contribution in [1.82, 2.24) is 0 Å². The predicted molar refractivity (Wildman–Crippen MR) is 35.9 cm³/mol. The van der Waals surface area contributed by atoms with Crippen molar-refractivity contribution < 1.29 is 19.4 Å². The molecule has 0 amide bonds. The molecule has 0 heterocycles. The third-order valence-electron chi connectivity index (χ3n) is 2.19. The van der Waals surface area contributed by atoms with Crippen LogP contribution in [0.2, 0.25) is 0 Å². The van der Waals surface area contributed by atoms with Gasteiger partial charge in [0.2, 0.25) is 0 Å². The van der Waals surface area contributed by atoms with Gasteiger partial charge in [0.15, 0.2) is 5.41 Å². The number of carboxylic acids is 1. The van der Waals surface area contributed by atoms with Crippen molar-refractivity contribution in [3.63, 3.8) is 0 Å². The van der Waals surface area contributed by atoms with Crippen molar-refractivity contribution in [1.29, 1.82) is 0 Å². The Morgan fingerprint density at radius 2 is 2.00 bits per heavy atom. The van der Waals surface area contributed by atoms with Gasteiger partial charge in [0, 0.05) is 0 Å². The molecule has 1 fully saturated rings. The summed E-state index contributed by atoms with van der Waals surface area (Å²) >= 11 is 0. The zero-order chi connectivity index (χ0) is 8.48. The molecule has 0 aromatic carbocycles. The number of carbonyl (C=O) groups excluding carboxylic acids is 1. The first-order valence-corrected chi connectivity index (χ1v) is 3.45. The molecule has 0 atom stereocenters. The Kier molecular flexibility index (Phi) is 1.85. The molecule has 0 aliphatic heterocycles. The van der Waals surface area contributed by atoms with E-state index in [1.807, 2.05) is 0 Å². The Hall–Kier alpha value is -1.06. The van der Waals surface area contributed by atoms with Crippen LogP contribution >= 0.6 is 0 Å². The molecule has 0 aromatic heterocycles. The second kappa shape index (κ2) is 2.53. The molecule has 0 aromatic rings. The zero-order valence-electron chi connectivity index (χ0n) is 6.29. The topological polar surface area (TPSA) is 63.6 Å². The van der Waals surface area contributed by atoms with Gasteiger partial charge in [-0.15, -0.1) is 0 Å². The van der Waals surface area contributed by atoms with Crippen molar-refractivity contribution in [2.45, 2.75) is 19.3 Å². The van der Waals surface area contributed by atoms with Crippen LogP contribution in [-0.4, -0.2) is 24.2 Å². The van der Waals surface area contributed by atoms with Gasteiger partial charge in [-0.25, -0.2) is 0 Å². The van der Waals surface area contributed by atoms with Gasteiger partial charge in [-0.3, -0.25) is 9.59 Å². The van der Waals surface area contributed by atoms with E-state index in [1.165, 1.54) is 7.11 Å². The molecule has 0 radical (unpaired) electrons. The van der Waals surface area contributed by atoms with E-state index < -0.39 is 17.4 Å². The first-order chi connectivity index (χ1) is 5.13. The Bertz CT molecular complexity index is 193. The van der Waals surface area contributed by atoms with Gasteiger partial charge in [0.05, 0.1) is 7.11 Å². The van der Waals surface area contributed by atoms with Crippen molar-refractivity contribution in [3.05, 3.63) is 0 Å². The average molecular weight is 158 g/mol. The summed E-state index contributed by atoms with van der Waals surface area (Å²) in [6.07, 6.45) is 1.62. The molecule has 0 spiro atoms. The molecule has 62 valence electrons. The lowest BCUT2D eigenvalue weighted by molar-refractivity contribution is -0.173. The van der Waals surface area contributed by atoms with E-state index in [9.17, 15) is 9.59 Å². The maximum absolute atomic E-state index is 11.0. The lowest BCUT2D eigenvalue weighted by Gasteiger charge is -2.34. The fraction of sp³-hybridized carbons (Fsp3) is 0.714. The fourth-order valence-corrected chi connectivity index (χ4v) is 1.23. The SMILES string of the molecule is COC(=O)C1(C(=O)O)CCC1. The first kappa shape index (κ1) is 8.04. The van der Waals surface area contributed by atoms with Crippen LogP contribution in [-0.2, 0) is 14.3 Å². The third-order valence-corrected chi connectivity index (χ3v) is 2.19. The van der Waals surface area contributed by atoms with Crippen LogP contribution in [0.25, 0.3) is 0 Å². The van der Waals surface area contributed by atoms with E-state index in [1.54, 1.807) is 0 Å². The van der Waals surface area contributed by atoms with Gasteiger partial charge in [-0.2, -0.15) is 0 Å². The van der Waals surface area contributed by atoms with Crippen molar-refractivity contribution in [2.75, 3.05) is 7.11 Å². The maximum atomic E-state index is 11.0. The van der Waals surface area contributed by atoms with Crippen LogP contribution in [0.3, 0.4) is 0 Å². The highest BCUT2D eigenvalue weighted by molar-refractivity contribution is 6.00. The standard InChI is InChI=1S/C7H10O4/c1-11-6(10)7(5(8)9)3-2-4-7/h2-4H2,1H3,(H,8,9). The van der Waals surface area contributed by atoms with Crippen LogP contribution in [0.15, 0.2) is 0 Å². The van der Waals surface area contributed by atoms with E-state index >= 15 is 0 Å². The molecule has 1 rings (SSSR count). The van der Waals surface area contributed by atoms with Gasteiger partial charge >= 0.3 is 11.9 Å². The minimum atomic E-state index is -1.21. The highest BCUT2D eigenvalue weighted by Gasteiger charge is 2.52. The average Bonchev–Trinajstić information content (AvgIpc) is 1.84. The van der Waals surface area contributed by atoms with Crippen molar-refractivity contribution in [3.8, 4) is 0 Å². The number of hydrogen-bond donors (Lipinski definition) is 1. The Balaban J connectivity index is 2.75. The fourth-order valence-electron chi connectivity index (χ4n) is 1.23. The van der Waals surface area contributed by atoms with Gasteiger partial charge < -0.3 is 9.84 Å². The number of carboxylic acid groups (broad SMARTS) is 1. The summed E-state index contributed by atoms with van der Waals surface area (Å²) in [5, 5.41) is 8.68. The molecule has 11 heavy (non-hydrogen) atoms. The predicted octanol–water partition coefficient (Wildman–Crippen LogP) is 0.414. The number of esters is 1. The Labute approximate surface area is 64.2 Å². The summed E-state index contributed by atoms with van der Waals surface area (Å²) in [4.78, 5) is 21.6. The van der Waals surface area contributed by atoms with Crippen LogP contribution in [0.1, 0.15) is 19.3 Å². The van der Waals surface area contributed by atoms with Gasteiger partial charge in [0.25, 0.3) is 0 Å². The van der Waals surface area contributed by atoms with E-state index in [2.05, 4.69) is 4.74 Å². The summed E-state index contributed by atoms with van der Waals surface area (Å²) in [5.41, 5.74) is -1.21. The molecule has 0 saturated heterocycles. The number of methoxy groups -OCH3 is 1. The summed E-state index contributed by atoms with van der Waals surface area (Å²) in [6, 6.07) is 0. The minimum Gasteiger partial charge on any atom is -0.480 e. The third kappa shape index (κ3) is 0.982. The number of aliphatic carboxylic acids is 1. The molecule has 4 heteroatoms. The van der Waals surface area contributed by atoms with Crippen LogP contribution in [0.4, 0.5) is 0 Å². The Morgan fingerprint density at radius 1 is 1.45 bits per heavy atom. The highest BCUT2D eigenvalue weighted by Crippen LogP contribution is 2.42. The van der Waals surface area contributed by atoms with E-state index in [4.69, 9.17) is 5.11 Å². The minimum absolute atomic E-state index is 0.412. The summed E-state index contributed by atoms with van der Waals surface area (Å²) in [7, 11) is 1.21. The lowest BCUT2D eigenvalue weighted by Crippen LogP contribution is -2.45. The number of hydrogen-bond acceptors (Lipinski definition) is 3. The first-order valence-electron chi connectivity index (χ1n) is 3.45. The monoisotopic (exact) mass is 158 g/mol. The number of ether oxygens (including phenoxy) is 1. The van der Waals surface area contributed by atoms with Crippen molar-refractivity contribution >= 4 is 11.9 Å².